The molecule has 1 aliphatic heterocycles. The van der Waals surface area contributed by atoms with Crippen LogP contribution < -0.4 is 0 Å². The second kappa shape index (κ2) is 7.55. The number of hydrogen-bond donors (Lipinski definition) is 1. The Morgan fingerprint density at radius 3 is 2.43 bits per heavy atom. The van der Waals surface area contributed by atoms with E-state index < -0.39 is 5.41 Å². The summed E-state index contributed by atoms with van der Waals surface area (Å²) in [4.78, 5) is 37.7. The minimum atomic E-state index is -0.548. The molecule has 0 saturated carbocycles. The van der Waals surface area contributed by atoms with Gasteiger partial charge in [-0.25, -0.2) is 9.37 Å². The van der Waals surface area contributed by atoms with Gasteiger partial charge in [0.25, 0.3) is 5.91 Å². The molecule has 7 heteroatoms. The zero-order chi connectivity index (χ0) is 21.5. The van der Waals surface area contributed by atoms with Gasteiger partial charge in [0.05, 0.1) is 11.0 Å². The van der Waals surface area contributed by atoms with Crippen molar-refractivity contribution in [2.24, 2.45) is 5.41 Å². The fourth-order valence-electron chi connectivity index (χ4n) is 3.78. The van der Waals surface area contributed by atoms with Crippen molar-refractivity contribution in [3.05, 3.63) is 65.7 Å². The first kappa shape index (κ1) is 20.1. The smallest absolute Gasteiger partial charge is 0.254 e. The molecule has 0 aliphatic carbocycles. The SMILES string of the molecule is CC(C)(C)C(=O)N1CCN(C(=O)c2ccc(F)cc2)CC1c1nc2ccccc2[nH]1. The molecule has 30 heavy (non-hydrogen) atoms. The van der Waals surface area contributed by atoms with Crippen molar-refractivity contribution in [3.63, 3.8) is 0 Å². The van der Waals surface area contributed by atoms with Crippen LogP contribution >= 0.6 is 0 Å². The Bertz CT molecular complexity index is 1050. The van der Waals surface area contributed by atoms with Gasteiger partial charge in [0.15, 0.2) is 0 Å². The van der Waals surface area contributed by atoms with Crippen molar-refractivity contribution < 1.29 is 14.0 Å². The molecule has 4 rings (SSSR count). The molecular weight excluding hydrogens is 383 g/mol. The summed E-state index contributed by atoms with van der Waals surface area (Å²) in [7, 11) is 0. The Hall–Kier alpha value is -3.22. The maximum atomic E-state index is 13.2. The summed E-state index contributed by atoms with van der Waals surface area (Å²) in [5, 5.41) is 0. The van der Waals surface area contributed by atoms with Gasteiger partial charge in [-0.05, 0) is 36.4 Å². The Balaban J connectivity index is 1.67. The van der Waals surface area contributed by atoms with Gasteiger partial charge in [-0.15, -0.1) is 0 Å². The number of aromatic nitrogens is 2. The number of carbonyl (C=O) groups is 2. The number of nitrogens with zero attached hydrogens (tertiary/aromatic N) is 3. The van der Waals surface area contributed by atoms with Crippen LogP contribution in [0.3, 0.4) is 0 Å². The highest BCUT2D eigenvalue weighted by Gasteiger charge is 2.39. The standard InChI is InChI=1S/C23H25FN4O2/c1-23(2,3)22(30)28-13-12-27(21(29)15-8-10-16(24)11-9-15)14-19(28)20-25-17-6-4-5-7-18(17)26-20/h4-11,19H,12-14H2,1-3H3,(H,25,26). The minimum Gasteiger partial charge on any atom is -0.340 e. The number of para-hydroxylation sites is 2. The monoisotopic (exact) mass is 408 g/mol. The van der Waals surface area contributed by atoms with Crippen LogP contribution in [0.1, 0.15) is 43.0 Å². The molecule has 0 bridgehead atoms. The van der Waals surface area contributed by atoms with E-state index in [1.54, 1.807) is 4.90 Å². The summed E-state index contributed by atoms with van der Waals surface area (Å²) in [6.07, 6.45) is 0. The van der Waals surface area contributed by atoms with E-state index in [9.17, 15) is 14.0 Å². The van der Waals surface area contributed by atoms with E-state index in [-0.39, 0.29) is 23.7 Å². The molecule has 1 saturated heterocycles. The lowest BCUT2D eigenvalue weighted by Crippen LogP contribution is -2.54. The van der Waals surface area contributed by atoms with Crippen molar-refractivity contribution >= 4 is 22.8 Å². The predicted octanol–water partition coefficient (Wildman–Crippen LogP) is 3.77. The van der Waals surface area contributed by atoms with Crippen LogP contribution in [0.5, 0.6) is 0 Å². The molecule has 1 aromatic heterocycles. The van der Waals surface area contributed by atoms with Gasteiger partial charge in [0.1, 0.15) is 17.7 Å². The third-order valence-electron chi connectivity index (χ3n) is 5.38. The number of H-pyrrole nitrogens is 1. The number of nitrogens with one attached hydrogen (secondary N) is 1. The Morgan fingerprint density at radius 1 is 1.07 bits per heavy atom. The highest BCUT2D eigenvalue weighted by atomic mass is 19.1. The number of imidazole rings is 1. The highest BCUT2D eigenvalue weighted by molar-refractivity contribution is 5.94. The molecule has 1 atom stereocenters. The largest absolute Gasteiger partial charge is 0.340 e. The molecule has 1 N–H and O–H groups in total. The van der Waals surface area contributed by atoms with Crippen LogP contribution in [-0.2, 0) is 4.79 Å². The van der Waals surface area contributed by atoms with E-state index in [0.29, 0.717) is 31.0 Å². The van der Waals surface area contributed by atoms with Crippen LogP contribution in [0, 0.1) is 11.2 Å². The first-order chi connectivity index (χ1) is 14.2. The van der Waals surface area contributed by atoms with Gasteiger partial charge >= 0.3 is 0 Å². The van der Waals surface area contributed by atoms with Gasteiger partial charge in [-0.1, -0.05) is 32.9 Å². The number of rotatable bonds is 2. The van der Waals surface area contributed by atoms with E-state index >= 15 is 0 Å². The number of carbonyl (C=O) groups excluding carboxylic acids is 2. The average Bonchev–Trinajstić information content (AvgIpc) is 3.16. The molecular formula is C23H25FN4O2. The molecule has 2 heterocycles. The summed E-state index contributed by atoms with van der Waals surface area (Å²) >= 11 is 0. The third kappa shape index (κ3) is 3.79. The predicted molar refractivity (Wildman–Crippen MR) is 112 cm³/mol. The molecule has 1 unspecified atom stereocenters. The fraction of sp³-hybridized carbons (Fsp3) is 0.348. The summed E-state index contributed by atoms with van der Waals surface area (Å²) in [6, 6.07) is 12.8. The molecule has 0 radical (unpaired) electrons. The quantitative estimate of drug-likeness (QED) is 0.702. The second-order valence-electron chi connectivity index (χ2n) is 8.66. The van der Waals surface area contributed by atoms with E-state index in [1.807, 2.05) is 49.9 Å². The first-order valence-corrected chi connectivity index (χ1v) is 10.0. The number of aromatic amines is 1. The number of piperazine rings is 1. The lowest BCUT2D eigenvalue weighted by atomic mass is 9.93. The highest BCUT2D eigenvalue weighted by Crippen LogP contribution is 2.30. The van der Waals surface area contributed by atoms with Crippen LogP contribution in [0.25, 0.3) is 11.0 Å². The Kier molecular flexibility index (Phi) is 5.05. The van der Waals surface area contributed by atoms with Crippen molar-refractivity contribution in [2.45, 2.75) is 26.8 Å². The maximum Gasteiger partial charge on any atom is 0.254 e. The van der Waals surface area contributed by atoms with E-state index in [2.05, 4.69) is 4.98 Å². The molecule has 3 aromatic rings. The van der Waals surface area contributed by atoms with Crippen molar-refractivity contribution in [3.8, 4) is 0 Å². The topological polar surface area (TPSA) is 69.3 Å². The molecule has 1 aliphatic rings. The van der Waals surface area contributed by atoms with Crippen LogP contribution in [0.15, 0.2) is 48.5 Å². The Labute approximate surface area is 174 Å². The lowest BCUT2D eigenvalue weighted by Gasteiger charge is -2.42. The van der Waals surface area contributed by atoms with E-state index in [4.69, 9.17) is 4.98 Å². The molecule has 0 spiro atoms. The third-order valence-corrected chi connectivity index (χ3v) is 5.38. The number of benzene rings is 2. The zero-order valence-electron chi connectivity index (χ0n) is 17.4. The molecule has 6 nitrogen and oxygen atoms in total. The maximum absolute atomic E-state index is 13.2. The van der Waals surface area contributed by atoms with Crippen LogP contribution in [0.2, 0.25) is 0 Å². The van der Waals surface area contributed by atoms with E-state index in [0.717, 1.165) is 11.0 Å². The van der Waals surface area contributed by atoms with Crippen molar-refractivity contribution in [2.75, 3.05) is 19.6 Å². The van der Waals surface area contributed by atoms with Crippen molar-refractivity contribution in [1.29, 1.82) is 0 Å². The first-order valence-electron chi connectivity index (χ1n) is 10.0. The fourth-order valence-corrected chi connectivity index (χ4v) is 3.78. The molecule has 1 fully saturated rings. The summed E-state index contributed by atoms with van der Waals surface area (Å²) < 4.78 is 13.2. The molecule has 156 valence electrons. The summed E-state index contributed by atoms with van der Waals surface area (Å²) in [6.45, 7) is 6.81. The normalized spacial score (nSPS) is 17.4. The number of hydrogen-bond acceptors (Lipinski definition) is 3. The van der Waals surface area contributed by atoms with E-state index in [1.165, 1.54) is 24.3 Å². The number of halogens is 1. The number of amides is 2. The average molecular weight is 408 g/mol. The summed E-state index contributed by atoms with van der Waals surface area (Å²) in [5.74, 6) is 0.110. The molecule has 2 aromatic carbocycles. The number of fused-ring (bicyclic) bond motifs is 1. The van der Waals surface area contributed by atoms with Gasteiger partial charge in [-0.3, -0.25) is 9.59 Å². The van der Waals surface area contributed by atoms with Crippen LogP contribution in [-0.4, -0.2) is 51.2 Å². The van der Waals surface area contributed by atoms with Gasteiger partial charge in [-0.2, -0.15) is 0 Å². The van der Waals surface area contributed by atoms with Crippen LogP contribution in [0.4, 0.5) is 4.39 Å². The van der Waals surface area contributed by atoms with Gasteiger partial charge < -0.3 is 14.8 Å². The van der Waals surface area contributed by atoms with Crippen molar-refractivity contribution in [1.82, 2.24) is 19.8 Å². The second-order valence-corrected chi connectivity index (χ2v) is 8.66. The Morgan fingerprint density at radius 2 is 1.77 bits per heavy atom. The minimum absolute atomic E-state index is 0.0156. The van der Waals surface area contributed by atoms with Gasteiger partial charge in [0.2, 0.25) is 5.91 Å². The lowest BCUT2D eigenvalue weighted by molar-refractivity contribution is -0.144. The molecule has 2 amide bonds. The zero-order valence-corrected chi connectivity index (χ0v) is 17.4. The summed E-state index contributed by atoms with van der Waals surface area (Å²) in [5.41, 5.74) is 1.58. The van der Waals surface area contributed by atoms with Gasteiger partial charge in [0, 0.05) is 30.6 Å².